The number of nitrogens with zero attached hydrogens (tertiary/aromatic N) is 2. The summed E-state index contributed by atoms with van der Waals surface area (Å²) in [6, 6.07) is 20.6. The Hall–Kier alpha value is -4.32. The number of imidazole rings is 1. The van der Waals surface area contributed by atoms with Crippen molar-refractivity contribution in [3.8, 4) is 22.6 Å². The van der Waals surface area contributed by atoms with Gasteiger partial charge in [0.1, 0.15) is 23.7 Å². The summed E-state index contributed by atoms with van der Waals surface area (Å²) in [5, 5.41) is 10.7. The van der Waals surface area contributed by atoms with Crippen LogP contribution < -0.4 is 10.4 Å². The lowest BCUT2D eigenvalue weighted by Crippen LogP contribution is -2.09. The van der Waals surface area contributed by atoms with Crippen molar-refractivity contribution in [3.63, 3.8) is 0 Å². The van der Waals surface area contributed by atoms with Crippen LogP contribution in [-0.4, -0.2) is 21.3 Å². The summed E-state index contributed by atoms with van der Waals surface area (Å²) >= 11 is 0. The molecule has 0 saturated heterocycles. The third kappa shape index (κ3) is 4.57. The number of rotatable bonds is 7. The van der Waals surface area contributed by atoms with Crippen LogP contribution in [0.15, 0.2) is 94.7 Å². The molecule has 0 aliphatic rings. The van der Waals surface area contributed by atoms with Crippen molar-refractivity contribution in [3.05, 3.63) is 113 Å². The number of ether oxygens (including phenoxy) is 1. The van der Waals surface area contributed by atoms with E-state index in [1.807, 2.05) is 66.2 Å². The molecule has 2 heterocycles. The number of benzene rings is 3. The van der Waals surface area contributed by atoms with Gasteiger partial charge in [-0.3, -0.25) is 0 Å². The van der Waals surface area contributed by atoms with Gasteiger partial charge in [-0.15, -0.1) is 0 Å². The quantitative estimate of drug-likeness (QED) is 0.337. The first-order chi connectivity index (χ1) is 16.6. The number of phenols is 1. The predicted molar refractivity (Wildman–Crippen MR) is 131 cm³/mol. The molecule has 2 aromatic heterocycles. The van der Waals surface area contributed by atoms with E-state index in [1.165, 1.54) is 6.07 Å². The van der Waals surface area contributed by atoms with Gasteiger partial charge in [0, 0.05) is 23.8 Å². The van der Waals surface area contributed by atoms with Crippen LogP contribution in [0.3, 0.4) is 0 Å². The summed E-state index contributed by atoms with van der Waals surface area (Å²) in [6.45, 7) is 3.27. The summed E-state index contributed by atoms with van der Waals surface area (Å²) in [7, 11) is 0. The Morgan fingerprint density at radius 2 is 1.82 bits per heavy atom. The fraction of sp³-hybridized carbons (Fsp3) is 0.143. The van der Waals surface area contributed by atoms with Gasteiger partial charge in [0.05, 0.1) is 18.4 Å². The number of hydrogen-bond acceptors (Lipinski definition) is 5. The van der Waals surface area contributed by atoms with Crippen LogP contribution in [0.4, 0.5) is 0 Å². The lowest BCUT2D eigenvalue weighted by molar-refractivity contribution is 0.298. The average Bonchev–Trinajstić information content (AvgIpc) is 3.34. The third-order valence-electron chi connectivity index (χ3n) is 5.82. The Kier molecular flexibility index (Phi) is 5.87. The van der Waals surface area contributed by atoms with Crippen LogP contribution in [0.5, 0.6) is 11.5 Å². The van der Waals surface area contributed by atoms with Gasteiger partial charge in [-0.25, -0.2) is 9.78 Å². The number of fused-ring (bicyclic) bond motifs is 1. The smallest absolute Gasteiger partial charge is 0.344 e. The average molecular weight is 453 g/mol. The molecular formula is C28H24N2O4. The van der Waals surface area contributed by atoms with Crippen molar-refractivity contribution in [1.82, 2.24) is 9.55 Å². The predicted octanol–water partition coefficient (Wildman–Crippen LogP) is 5.34. The van der Waals surface area contributed by atoms with E-state index in [4.69, 9.17) is 9.15 Å². The zero-order valence-corrected chi connectivity index (χ0v) is 18.8. The van der Waals surface area contributed by atoms with Gasteiger partial charge in [0.25, 0.3) is 0 Å². The van der Waals surface area contributed by atoms with Crippen LogP contribution >= 0.6 is 0 Å². The second-order valence-electron chi connectivity index (χ2n) is 8.26. The molecule has 0 bridgehead atoms. The van der Waals surface area contributed by atoms with Gasteiger partial charge in [-0.1, -0.05) is 42.0 Å². The van der Waals surface area contributed by atoms with E-state index in [9.17, 15) is 9.90 Å². The molecule has 0 unspecified atom stereocenters. The number of hydrogen-bond donors (Lipinski definition) is 1. The molecule has 0 spiro atoms. The van der Waals surface area contributed by atoms with Crippen molar-refractivity contribution in [2.75, 3.05) is 6.61 Å². The lowest BCUT2D eigenvalue weighted by Gasteiger charge is -2.13. The first kappa shape index (κ1) is 21.5. The van der Waals surface area contributed by atoms with E-state index < -0.39 is 5.63 Å². The molecule has 34 heavy (non-hydrogen) atoms. The van der Waals surface area contributed by atoms with E-state index in [0.717, 1.165) is 39.9 Å². The van der Waals surface area contributed by atoms with Gasteiger partial charge in [0.2, 0.25) is 0 Å². The maximum Gasteiger partial charge on any atom is 0.344 e. The Morgan fingerprint density at radius 3 is 2.56 bits per heavy atom. The van der Waals surface area contributed by atoms with Gasteiger partial charge in [-0.2, -0.15) is 0 Å². The Bertz CT molecular complexity index is 1470. The van der Waals surface area contributed by atoms with Gasteiger partial charge < -0.3 is 18.8 Å². The van der Waals surface area contributed by atoms with E-state index in [1.54, 1.807) is 24.7 Å². The first-order valence-corrected chi connectivity index (χ1v) is 11.1. The largest absolute Gasteiger partial charge is 0.508 e. The van der Waals surface area contributed by atoms with Gasteiger partial charge in [-0.05, 0) is 54.3 Å². The summed E-state index contributed by atoms with van der Waals surface area (Å²) < 4.78 is 13.4. The molecule has 0 aliphatic carbocycles. The van der Waals surface area contributed by atoms with Crippen molar-refractivity contribution in [1.29, 1.82) is 0 Å². The zero-order chi connectivity index (χ0) is 23.5. The Morgan fingerprint density at radius 1 is 1.03 bits per heavy atom. The standard InChI is InChI=1S/C28H24N2O4/c1-19-2-6-21(7-3-19)27-25(24-11-8-22(31)17-26(24)34-28(27)32)16-20-4-9-23(10-5-20)33-15-14-30-13-12-29-18-30/h2-13,17-18,31H,14-16H2,1H3. The highest BCUT2D eigenvalue weighted by Gasteiger charge is 2.17. The monoisotopic (exact) mass is 452 g/mol. The third-order valence-corrected chi connectivity index (χ3v) is 5.82. The second kappa shape index (κ2) is 9.27. The molecule has 0 aliphatic heterocycles. The molecule has 0 atom stereocenters. The molecule has 1 N–H and O–H groups in total. The molecule has 5 aromatic rings. The summed E-state index contributed by atoms with van der Waals surface area (Å²) in [6.07, 6.45) is 5.94. The van der Waals surface area contributed by atoms with Crippen molar-refractivity contribution >= 4 is 11.0 Å². The van der Waals surface area contributed by atoms with E-state index >= 15 is 0 Å². The Balaban J connectivity index is 1.46. The number of aryl methyl sites for hydroxylation is 1. The SMILES string of the molecule is Cc1ccc(-c2c(Cc3ccc(OCCn4ccnc4)cc3)c3ccc(O)cc3oc2=O)cc1. The van der Waals surface area contributed by atoms with E-state index in [0.29, 0.717) is 24.2 Å². The Labute approximate surface area is 196 Å². The number of aromatic hydroxyl groups is 1. The molecule has 5 rings (SSSR count). The van der Waals surface area contributed by atoms with Gasteiger partial charge in [0.15, 0.2) is 0 Å². The minimum atomic E-state index is -0.420. The topological polar surface area (TPSA) is 77.5 Å². The maximum absolute atomic E-state index is 13.0. The van der Waals surface area contributed by atoms with Crippen LogP contribution in [0.1, 0.15) is 16.7 Å². The molecule has 170 valence electrons. The van der Waals surface area contributed by atoms with Crippen LogP contribution in [0, 0.1) is 6.92 Å². The van der Waals surface area contributed by atoms with Crippen molar-refractivity contribution in [2.24, 2.45) is 0 Å². The van der Waals surface area contributed by atoms with Crippen LogP contribution in [-0.2, 0) is 13.0 Å². The lowest BCUT2D eigenvalue weighted by atomic mass is 9.93. The minimum Gasteiger partial charge on any atom is -0.508 e. The molecule has 0 fully saturated rings. The normalized spacial score (nSPS) is 11.1. The summed E-state index contributed by atoms with van der Waals surface area (Å²) in [4.78, 5) is 17.1. The fourth-order valence-corrected chi connectivity index (χ4v) is 4.05. The summed E-state index contributed by atoms with van der Waals surface area (Å²) in [5.74, 6) is 0.840. The number of aromatic nitrogens is 2. The number of phenolic OH excluding ortho intramolecular Hbond substituents is 1. The summed E-state index contributed by atoms with van der Waals surface area (Å²) in [5.41, 5.74) is 4.32. The van der Waals surface area contributed by atoms with Gasteiger partial charge >= 0.3 is 5.63 Å². The molecule has 0 radical (unpaired) electrons. The first-order valence-electron chi connectivity index (χ1n) is 11.1. The zero-order valence-electron chi connectivity index (χ0n) is 18.8. The molecule has 6 heteroatoms. The van der Waals surface area contributed by atoms with E-state index in [2.05, 4.69) is 4.98 Å². The molecule has 0 amide bonds. The van der Waals surface area contributed by atoms with E-state index in [-0.39, 0.29) is 5.75 Å². The minimum absolute atomic E-state index is 0.0573. The van der Waals surface area contributed by atoms with Crippen LogP contribution in [0.25, 0.3) is 22.1 Å². The maximum atomic E-state index is 13.0. The molecule has 3 aromatic carbocycles. The fourth-order valence-electron chi connectivity index (χ4n) is 4.05. The van der Waals surface area contributed by atoms with Crippen LogP contribution in [0.2, 0.25) is 0 Å². The highest BCUT2D eigenvalue weighted by atomic mass is 16.5. The highest BCUT2D eigenvalue weighted by molar-refractivity contribution is 5.88. The molecule has 0 saturated carbocycles. The molecule has 6 nitrogen and oxygen atoms in total. The highest BCUT2D eigenvalue weighted by Crippen LogP contribution is 2.31. The van der Waals surface area contributed by atoms with Crippen molar-refractivity contribution in [2.45, 2.75) is 19.9 Å². The second-order valence-corrected chi connectivity index (χ2v) is 8.26. The molecular weight excluding hydrogens is 428 g/mol. The van der Waals surface area contributed by atoms with Crippen molar-refractivity contribution < 1.29 is 14.3 Å².